The number of aliphatic hydroxyl groups is 10. The molecule has 3 fully saturated rings. The molecule has 194 valence electrons. The van der Waals surface area contributed by atoms with Crippen molar-refractivity contribution in [1.82, 2.24) is 0 Å². The van der Waals surface area contributed by atoms with Crippen molar-refractivity contribution in [2.45, 2.75) is 99.0 Å². The fourth-order valence-corrected chi connectivity index (χ4v) is 3.97. The molecule has 33 heavy (non-hydrogen) atoms. The molecular weight excluding hydrogens is 456 g/mol. The highest BCUT2D eigenvalue weighted by atomic mass is 16.8. The number of hydrogen-bond acceptors (Lipinski definition) is 15. The minimum Gasteiger partial charge on any atom is -0.394 e. The van der Waals surface area contributed by atoms with Gasteiger partial charge < -0.3 is 74.7 Å². The van der Waals surface area contributed by atoms with Crippen molar-refractivity contribution in [1.29, 1.82) is 0 Å². The predicted octanol–water partition coefficient (Wildman–Crippen LogP) is -6.55. The Bertz CT molecular complexity index is 624. The third-order valence-corrected chi connectivity index (χ3v) is 6.06. The molecule has 3 aliphatic heterocycles. The third-order valence-electron chi connectivity index (χ3n) is 6.06. The summed E-state index contributed by atoms with van der Waals surface area (Å²) in [5.41, 5.74) is 0. The molecule has 0 aromatic heterocycles. The van der Waals surface area contributed by atoms with E-state index in [-0.39, 0.29) is 0 Å². The lowest BCUT2D eigenvalue weighted by Gasteiger charge is -2.48. The molecule has 10 N–H and O–H groups in total. The van der Waals surface area contributed by atoms with Crippen molar-refractivity contribution in [2.24, 2.45) is 0 Å². The van der Waals surface area contributed by atoms with Crippen LogP contribution in [-0.2, 0) is 23.7 Å². The second kappa shape index (κ2) is 11.0. The van der Waals surface area contributed by atoms with Crippen molar-refractivity contribution >= 4 is 0 Å². The minimum absolute atomic E-state index is 0.747. The topological polar surface area (TPSA) is 248 Å². The van der Waals surface area contributed by atoms with Crippen LogP contribution in [0.1, 0.15) is 6.92 Å². The normalized spacial score (nSPS) is 53.7. The maximum Gasteiger partial charge on any atom is 0.187 e. The second-order valence-electron chi connectivity index (χ2n) is 8.32. The van der Waals surface area contributed by atoms with Gasteiger partial charge in [0.15, 0.2) is 18.9 Å². The van der Waals surface area contributed by atoms with Crippen molar-refractivity contribution in [2.75, 3.05) is 13.2 Å². The lowest BCUT2D eigenvalue weighted by atomic mass is 9.96. The van der Waals surface area contributed by atoms with Gasteiger partial charge in [0.2, 0.25) is 0 Å². The Labute approximate surface area is 187 Å². The molecule has 0 spiro atoms. The minimum atomic E-state index is -1.88. The Kier molecular flexibility index (Phi) is 8.99. The van der Waals surface area contributed by atoms with E-state index in [1.165, 1.54) is 6.92 Å². The predicted molar refractivity (Wildman–Crippen MR) is 99.8 cm³/mol. The third kappa shape index (κ3) is 5.32. The van der Waals surface area contributed by atoms with Crippen LogP contribution in [0.15, 0.2) is 0 Å². The molecule has 3 saturated heterocycles. The Morgan fingerprint density at radius 2 is 1.03 bits per heavy atom. The second-order valence-corrected chi connectivity index (χ2v) is 8.32. The molecule has 0 aliphatic carbocycles. The van der Waals surface area contributed by atoms with Crippen LogP contribution in [-0.4, -0.2) is 156 Å². The van der Waals surface area contributed by atoms with Crippen molar-refractivity contribution < 1.29 is 74.7 Å². The van der Waals surface area contributed by atoms with E-state index in [1.54, 1.807) is 0 Å². The van der Waals surface area contributed by atoms with Crippen LogP contribution in [0, 0.1) is 0 Å². The molecular formula is C18H32O15. The Balaban J connectivity index is 1.82. The van der Waals surface area contributed by atoms with Crippen LogP contribution >= 0.6 is 0 Å². The maximum atomic E-state index is 10.6. The van der Waals surface area contributed by atoms with E-state index < -0.39 is 105 Å². The summed E-state index contributed by atoms with van der Waals surface area (Å²) in [4.78, 5) is 0. The maximum absolute atomic E-state index is 10.6. The smallest absolute Gasteiger partial charge is 0.187 e. The lowest BCUT2D eigenvalue weighted by Crippen LogP contribution is -2.66. The Hall–Kier alpha value is -0.600. The molecule has 0 aromatic carbocycles. The van der Waals surface area contributed by atoms with Gasteiger partial charge in [-0.15, -0.1) is 0 Å². The first kappa shape index (κ1) is 27.0. The van der Waals surface area contributed by atoms with Crippen molar-refractivity contribution in [3.8, 4) is 0 Å². The van der Waals surface area contributed by atoms with Crippen molar-refractivity contribution in [3.05, 3.63) is 0 Å². The first-order valence-electron chi connectivity index (χ1n) is 10.4. The molecule has 3 rings (SSSR count). The zero-order valence-corrected chi connectivity index (χ0v) is 17.6. The Morgan fingerprint density at radius 3 is 1.61 bits per heavy atom. The van der Waals surface area contributed by atoms with Gasteiger partial charge >= 0.3 is 0 Å². The van der Waals surface area contributed by atoms with Crippen LogP contribution < -0.4 is 0 Å². The average molecular weight is 488 g/mol. The number of aliphatic hydroxyl groups excluding tert-OH is 10. The van der Waals surface area contributed by atoms with Gasteiger partial charge in [0.05, 0.1) is 19.3 Å². The fourth-order valence-electron chi connectivity index (χ4n) is 3.97. The molecule has 3 heterocycles. The SMILES string of the molecule is CC1O[C@@H](O[C@H]2C(O[C@@H]3OC(CO)[C@H](O)[C@H](O)C3O)[C@@H](O)C(CO)O[C@H]2O)[C@@H](O)C(O)[C@@H]1O. The van der Waals surface area contributed by atoms with Crippen LogP contribution in [0.2, 0.25) is 0 Å². The highest BCUT2D eigenvalue weighted by Crippen LogP contribution is 2.32. The molecule has 0 aromatic rings. The quantitative estimate of drug-likeness (QED) is 0.167. The number of ether oxygens (including phenoxy) is 5. The molecule has 0 saturated carbocycles. The summed E-state index contributed by atoms with van der Waals surface area (Å²) in [6.45, 7) is -0.115. The van der Waals surface area contributed by atoms with E-state index in [4.69, 9.17) is 23.7 Å². The molecule has 0 amide bonds. The number of hydrogen-bond donors (Lipinski definition) is 10. The van der Waals surface area contributed by atoms with Gasteiger partial charge in [0, 0.05) is 0 Å². The summed E-state index contributed by atoms with van der Waals surface area (Å²) in [5, 5.41) is 100.0. The van der Waals surface area contributed by atoms with E-state index in [2.05, 4.69) is 0 Å². The first-order valence-corrected chi connectivity index (χ1v) is 10.4. The largest absolute Gasteiger partial charge is 0.394 e. The highest BCUT2D eigenvalue weighted by Gasteiger charge is 2.53. The van der Waals surface area contributed by atoms with Crippen molar-refractivity contribution in [3.63, 3.8) is 0 Å². The Morgan fingerprint density at radius 1 is 0.545 bits per heavy atom. The van der Waals surface area contributed by atoms with E-state index in [0.29, 0.717) is 0 Å². The standard InChI is InChI=1S/C18H32O15/c1-4-7(21)10(24)12(26)17(29-4)33-15-14(9(23)6(3-20)30-16(15)28)32-18-13(27)11(25)8(22)5(2-19)31-18/h4-28H,2-3H2,1H3/t4?,5?,6?,7-,8+,9+,10?,11+,12+,13?,14?,15+,16-,17+,18+/m1/s1. The monoisotopic (exact) mass is 488 g/mol. The zero-order chi connectivity index (χ0) is 24.6. The highest BCUT2D eigenvalue weighted by molar-refractivity contribution is 4.96. The van der Waals surface area contributed by atoms with Crippen LogP contribution in [0.4, 0.5) is 0 Å². The molecule has 15 heteroatoms. The van der Waals surface area contributed by atoms with Gasteiger partial charge in [-0.1, -0.05) is 0 Å². The van der Waals surface area contributed by atoms with E-state index in [0.717, 1.165) is 0 Å². The summed E-state index contributed by atoms with van der Waals surface area (Å²) >= 11 is 0. The summed E-state index contributed by atoms with van der Waals surface area (Å²) < 4.78 is 26.7. The van der Waals surface area contributed by atoms with E-state index >= 15 is 0 Å². The van der Waals surface area contributed by atoms with Crippen LogP contribution in [0.25, 0.3) is 0 Å². The molecule has 15 atom stereocenters. The summed E-state index contributed by atoms with van der Waals surface area (Å²) in [5.74, 6) is 0. The molecule has 15 nitrogen and oxygen atoms in total. The van der Waals surface area contributed by atoms with Gasteiger partial charge in [0.25, 0.3) is 0 Å². The summed E-state index contributed by atoms with van der Waals surface area (Å²) in [7, 11) is 0. The lowest BCUT2D eigenvalue weighted by molar-refractivity contribution is -0.386. The fraction of sp³-hybridized carbons (Fsp3) is 1.00. The molecule has 0 bridgehead atoms. The molecule has 6 unspecified atom stereocenters. The van der Waals surface area contributed by atoms with Gasteiger partial charge in [-0.3, -0.25) is 0 Å². The first-order chi connectivity index (χ1) is 15.5. The van der Waals surface area contributed by atoms with E-state index in [1.807, 2.05) is 0 Å². The van der Waals surface area contributed by atoms with Gasteiger partial charge in [0.1, 0.15) is 67.1 Å². The number of rotatable bonds is 6. The van der Waals surface area contributed by atoms with Crippen LogP contribution in [0.5, 0.6) is 0 Å². The van der Waals surface area contributed by atoms with Gasteiger partial charge in [-0.05, 0) is 6.92 Å². The molecule has 0 radical (unpaired) electrons. The molecule has 3 aliphatic rings. The zero-order valence-electron chi connectivity index (χ0n) is 17.6. The summed E-state index contributed by atoms with van der Waals surface area (Å²) in [6, 6.07) is 0. The average Bonchev–Trinajstić information content (AvgIpc) is 2.79. The van der Waals surface area contributed by atoms with Gasteiger partial charge in [-0.25, -0.2) is 0 Å². The van der Waals surface area contributed by atoms with Gasteiger partial charge in [-0.2, -0.15) is 0 Å². The van der Waals surface area contributed by atoms with E-state index in [9.17, 15) is 51.1 Å². The van der Waals surface area contributed by atoms with Crippen LogP contribution in [0.3, 0.4) is 0 Å². The summed E-state index contributed by atoms with van der Waals surface area (Å²) in [6.07, 6.45) is -24.1.